The third-order valence-electron chi connectivity index (χ3n) is 2.28. The molecule has 0 aliphatic carbocycles. The number of rotatable bonds is 2. The molecule has 0 aliphatic rings. The zero-order chi connectivity index (χ0) is 11.9. The molecule has 0 unspecified atom stereocenters. The number of nitrogens with two attached hydrogens (primary N) is 1. The lowest BCUT2D eigenvalue weighted by Gasteiger charge is -2.00. The third-order valence-corrected chi connectivity index (χ3v) is 2.28. The Morgan fingerprint density at radius 1 is 1.62 bits per heavy atom. The topological polar surface area (TPSA) is 107 Å². The minimum Gasteiger partial charge on any atom is -0.431 e. The lowest BCUT2D eigenvalue weighted by molar-refractivity contribution is -0.384. The number of fused-ring (bicyclic) bond motifs is 1. The standard InChI is InChI=1S/C8H9BN4O3/c1-9(14)12-7-3-2-5(13(15)16)4-6(7)8(10)11-12/h2-4,14H,1H3,(H2,10,11). The minimum absolute atomic E-state index is 0.0515. The fraction of sp³-hybridized carbons (Fsp3) is 0.125. The molecule has 0 radical (unpaired) electrons. The van der Waals surface area contributed by atoms with Crippen molar-refractivity contribution in [3.8, 4) is 0 Å². The largest absolute Gasteiger partial charge is 0.431 e. The van der Waals surface area contributed by atoms with Crippen LogP contribution in [0.5, 0.6) is 0 Å². The number of hydrogen-bond donors (Lipinski definition) is 2. The molecular formula is C8H9BN4O3. The van der Waals surface area contributed by atoms with Crippen molar-refractivity contribution in [2.45, 2.75) is 6.82 Å². The van der Waals surface area contributed by atoms with Gasteiger partial charge in [0, 0.05) is 17.5 Å². The van der Waals surface area contributed by atoms with E-state index in [1.807, 2.05) is 0 Å². The van der Waals surface area contributed by atoms with E-state index in [-0.39, 0.29) is 11.5 Å². The molecule has 0 saturated heterocycles. The average molecular weight is 220 g/mol. The van der Waals surface area contributed by atoms with Crippen LogP contribution in [0.15, 0.2) is 18.2 Å². The van der Waals surface area contributed by atoms with Gasteiger partial charge in [-0.05, 0) is 12.9 Å². The van der Waals surface area contributed by atoms with Gasteiger partial charge in [-0.2, -0.15) is 5.10 Å². The number of anilines is 1. The molecule has 0 fully saturated rings. The number of hydrogen-bond acceptors (Lipinski definition) is 5. The maximum atomic E-state index is 10.6. The number of nitro groups is 1. The van der Waals surface area contributed by atoms with Gasteiger partial charge in [-0.3, -0.25) is 14.7 Å². The van der Waals surface area contributed by atoms with Gasteiger partial charge in [0.1, 0.15) is 0 Å². The Bertz CT molecular complexity index is 566. The monoisotopic (exact) mass is 220 g/mol. The summed E-state index contributed by atoms with van der Waals surface area (Å²) in [5.41, 5.74) is 6.13. The highest BCUT2D eigenvalue weighted by atomic mass is 16.6. The fourth-order valence-electron chi connectivity index (χ4n) is 1.55. The van der Waals surface area contributed by atoms with Gasteiger partial charge in [-0.1, -0.05) is 0 Å². The van der Waals surface area contributed by atoms with Crippen molar-refractivity contribution >= 4 is 29.5 Å². The average Bonchev–Trinajstić information content (AvgIpc) is 2.56. The second kappa shape index (κ2) is 3.49. The van der Waals surface area contributed by atoms with Crippen LogP contribution < -0.4 is 5.73 Å². The lowest BCUT2D eigenvalue weighted by atomic mass is 9.89. The van der Waals surface area contributed by atoms with Gasteiger partial charge in [0.2, 0.25) is 0 Å². The van der Waals surface area contributed by atoms with Crippen LogP contribution in [0, 0.1) is 10.1 Å². The van der Waals surface area contributed by atoms with Crippen LogP contribution in [0.25, 0.3) is 10.9 Å². The summed E-state index contributed by atoms with van der Waals surface area (Å²) in [6.07, 6.45) is 0. The molecule has 8 heteroatoms. The molecule has 16 heavy (non-hydrogen) atoms. The van der Waals surface area contributed by atoms with Crippen molar-refractivity contribution in [1.82, 2.24) is 9.69 Å². The van der Waals surface area contributed by atoms with Crippen molar-refractivity contribution in [2.75, 3.05) is 5.73 Å². The summed E-state index contributed by atoms with van der Waals surface area (Å²) < 4.78 is 1.31. The predicted molar refractivity (Wildman–Crippen MR) is 60.0 cm³/mol. The second-order valence-electron chi connectivity index (χ2n) is 3.42. The van der Waals surface area contributed by atoms with Gasteiger partial charge in [0.05, 0.1) is 10.4 Å². The van der Waals surface area contributed by atoms with Gasteiger partial charge in [-0.25, -0.2) is 0 Å². The van der Waals surface area contributed by atoms with Crippen LogP contribution in [-0.2, 0) is 0 Å². The molecule has 1 aromatic heterocycles. The molecular weight excluding hydrogens is 211 g/mol. The van der Waals surface area contributed by atoms with Crippen molar-refractivity contribution in [3.63, 3.8) is 0 Å². The number of aromatic nitrogens is 2. The summed E-state index contributed by atoms with van der Waals surface area (Å²) >= 11 is 0. The van der Waals surface area contributed by atoms with Crippen LogP contribution in [0.1, 0.15) is 0 Å². The summed E-state index contributed by atoms with van der Waals surface area (Å²) in [4.78, 5) is 10.1. The zero-order valence-corrected chi connectivity index (χ0v) is 8.49. The summed E-state index contributed by atoms with van der Waals surface area (Å²) in [5, 5.41) is 24.4. The predicted octanol–water partition coefficient (Wildman–Crippen LogP) is 0.485. The molecule has 7 nitrogen and oxygen atoms in total. The maximum Gasteiger partial charge on any atom is 0.431 e. The summed E-state index contributed by atoms with van der Waals surface area (Å²) in [5.74, 6) is 0.166. The zero-order valence-electron chi connectivity index (χ0n) is 8.49. The molecule has 0 atom stereocenters. The summed E-state index contributed by atoms with van der Waals surface area (Å²) in [7, 11) is -0.832. The molecule has 1 heterocycles. The Labute approximate surface area is 90.8 Å². The molecule has 1 aromatic carbocycles. The first-order valence-corrected chi connectivity index (χ1v) is 4.61. The molecule has 0 bridgehead atoms. The first-order chi connectivity index (χ1) is 7.50. The van der Waals surface area contributed by atoms with E-state index in [9.17, 15) is 15.1 Å². The van der Waals surface area contributed by atoms with Gasteiger partial charge >= 0.3 is 7.05 Å². The Morgan fingerprint density at radius 2 is 2.31 bits per heavy atom. The van der Waals surface area contributed by atoms with E-state index in [2.05, 4.69) is 5.10 Å². The number of nitro benzene ring substituents is 1. The van der Waals surface area contributed by atoms with Crippen molar-refractivity contribution in [3.05, 3.63) is 28.3 Å². The third kappa shape index (κ3) is 1.49. The molecule has 0 spiro atoms. The highest BCUT2D eigenvalue weighted by Gasteiger charge is 2.17. The Balaban J connectivity index is 2.71. The summed E-state index contributed by atoms with van der Waals surface area (Å²) in [6, 6.07) is 4.21. The number of nitrogen functional groups attached to an aromatic ring is 1. The Kier molecular flexibility index (Phi) is 2.28. The minimum atomic E-state index is -0.832. The normalized spacial score (nSPS) is 10.6. The van der Waals surface area contributed by atoms with Crippen molar-refractivity contribution < 1.29 is 9.95 Å². The molecule has 82 valence electrons. The van der Waals surface area contributed by atoms with Gasteiger partial charge in [0.15, 0.2) is 5.82 Å². The smallest absolute Gasteiger partial charge is 0.431 e. The van der Waals surface area contributed by atoms with Crippen LogP contribution in [-0.4, -0.2) is 26.7 Å². The highest BCUT2D eigenvalue weighted by molar-refractivity contribution is 6.47. The quantitative estimate of drug-likeness (QED) is 0.434. The van der Waals surface area contributed by atoms with Crippen molar-refractivity contribution in [1.29, 1.82) is 0 Å². The lowest BCUT2D eigenvalue weighted by Crippen LogP contribution is -2.20. The molecule has 2 rings (SSSR count). The molecule has 0 amide bonds. The van der Waals surface area contributed by atoms with E-state index >= 15 is 0 Å². The van der Waals surface area contributed by atoms with Crippen LogP contribution in [0.2, 0.25) is 6.82 Å². The molecule has 3 N–H and O–H groups in total. The van der Waals surface area contributed by atoms with Crippen LogP contribution in [0.4, 0.5) is 11.5 Å². The van der Waals surface area contributed by atoms with Crippen molar-refractivity contribution in [2.24, 2.45) is 0 Å². The number of non-ortho nitro benzene ring substituents is 1. The van der Waals surface area contributed by atoms with E-state index in [1.54, 1.807) is 0 Å². The molecule has 0 saturated carbocycles. The first kappa shape index (κ1) is 10.4. The van der Waals surface area contributed by atoms with Crippen LogP contribution >= 0.6 is 0 Å². The van der Waals surface area contributed by atoms with E-state index in [0.29, 0.717) is 10.9 Å². The van der Waals surface area contributed by atoms with E-state index in [1.165, 1.54) is 29.6 Å². The van der Waals surface area contributed by atoms with Gasteiger partial charge in [-0.15, -0.1) is 0 Å². The van der Waals surface area contributed by atoms with Gasteiger partial charge < -0.3 is 10.8 Å². The number of benzene rings is 1. The van der Waals surface area contributed by atoms with E-state index in [4.69, 9.17) is 5.73 Å². The maximum absolute atomic E-state index is 10.6. The van der Waals surface area contributed by atoms with Crippen LogP contribution in [0.3, 0.4) is 0 Å². The fourth-order valence-corrected chi connectivity index (χ4v) is 1.55. The first-order valence-electron chi connectivity index (χ1n) is 4.61. The van der Waals surface area contributed by atoms with E-state index < -0.39 is 12.0 Å². The Morgan fingerprint density at radius 3 is 2.88 bits per heavy atom. The Hall–Kier alpha value is -2.09. The summed E-state index contributed by atoms with van der Waals surface area (Å²) in [6.45, 7) is 1.54. The highest BCUT2D eigenvalue weighted by Crippen LogP contribution is 2.25. The van der Waals surface area contributed by atoms with E-state index in [0.717, 1.165) is 0 Å². The number of nitrogens with zero attached hydrogens (tertiary/aromatic N) is 3. The SMILES string of the molecule is CB(O)n1nc(N)c2cc([N+](=O)[O-])ccc21. The molecule has 0 aliphatic heterocycles. The van der Waals surface area contributed by atoms with Gasteiger partial charge in [0.25, 0.3) is 5.69 Å². The molecule has 2 aromatic rings. The second-order valence-corrected chi connectivity index (χ2v) is 3.42.